The van der Waals surface area contributed by atoms with Crippen molar-refractivity contribution in [1.29, 1.82) is 0 Å². The molecule has 0 aromatic rings. The smallest absolute Gasteiger partial charge is 0.337 e. The summed E-state index contributed by atoms with van der Waals surface area (Å²) in [5.41, 5.74) is -5.05. The van der Waals surface area contributed by atoms with Crippen molar-refractivity contribution in [2.45, 2.75) is 85.7 Å². The van der Waals surface area contributed by atoms with E-state index >= 15 is 0 Å². The van der Waals surface area contributed by atoms with Gasteiger partial charge in [0, 0.05) is 0 Å². The fraction of sp³-hybridized carbons (Fsp3) is 0.857. The van der Waals surface area contributed by atoms with Gasteiger partial charge in [0.15, 0.2) is 5.60 Å². The molecule has 0 saturated heterocycles. The fourth-order valence-corrected chi connectivity index (χ4v) is 5.38. The Hall–Kier alpha value is -1.63. The monoisotopic (exact) mass is 402 g/mol. The Morgan fingerprint density at radius 1 is 0.679 bits per heavy atom. The second-order valence-electron chi connectivity index (χ2n) is 7.67. The van der Waals surface area contributed by atoms with Gasteiger partial charge in [-0.25, -0.2) is 4.79 Å². The van der Waals surface area contributed by atoms with Crippen molar-refractivity contribution in [3.63, 3.8) is 0 Å². The van der Waals surface area contributed by atoms with Crippen LogP contribution >= 0.6 is 0 Å². The van der Waals surface area contributed by atoms with Crippen LogP contribution in [0.25, 0.3) is 0 Å². The predicted octanol–water partition coefficient (Wildman–Crippen LogP) is 3.88. The molecule has 0 aliphatic rings. The standard InChI is InChI=1S/C21H38O7/c1-7-13(8-2)16(17(22)23)21(28,19(26)27)20(18(24)25,14(9-3)10-4)15(11-5)12-6/h13-16,28H,7-12H2,1-6H3,(H,22,23)(H,24,25)(H,26,27). The van der Waals surface area contributed by atoms with E-state index in [0.29, 0.717) is 38.5 Å². The molecule has 0 rings (SSSR count). The fourth-order valence-electron chi connectivity index (χ4n) is 5.38. The first-order chi connectivity index (χ1) is 13.0. The van der Waals surface area contributed by atoms with E-state index in [4.69, 9.17) is 0 Å². The van der Waals surface area contributed by atoms with Gasteiger partial charge >= 0.3 is 17.9 Å². The highest BCUT2D eigenvalue weighted by Crippen LogP contribution is 2.55. The molecule has 0 bridgehead atoms. The highest BCUT2D eigenvalue weighted by molar-refractivity contribution is 5.94. The van der Waals surface area contributed by atoms with Gasteiger partial charge < -0.3 is 20.4 Å². The molecule has 0 aromatic carbocycles. The van der Waals surface area contributed by atoms with Crippen molar-refractivity contribution in [2.75, 3.05) is 0 Å². The second-order valence-corrected chi connectivity index (χ2v) is 7.67. The van der Waals surface area contributed by atoms with Gasteiger partial charge in [-0.15, -0.1) is 0 Å². The Morgan fingerprint density at radius 2 is 1.04 bits per heavy atom. The van der Waals surface area contributed by atoms with Gasteiger partial charge in [0.25, 0.3) is 0 Å². The summed E-state index contributed by atoms with van der Waals surface area (Å²) < 4.78 is 0. The summed E-state index contributed by atoms with van der Waals surface area (Å²) in [5.74, 6) is -8.44. The van der Waals surface area contributed by atoms with E-state index in [2.05, 4.69) is 0 Å². The van der Waals surface area contributed by atoms with E-state index in [-0.39, 0.29) is 0 Å². The average Bonchev–Trinajstić information content (AvgIpc) is 2.64. The zero-order chi connectivity index (χ0) is 22.3. The first kappa shape index (κ1) is 26.4. The van der Waals surface area contributed by atoms with E-state index in [1.165, 1.54) is 0 Å². The first-order valence-electron chi connectivity index (χ1n) is 10.4. The minimum Gasteiger partial charge on any atom is -0.481 e. The molecule has 0 aliphatic carbocycles. The van der Waals surface area contributed by atoms with Gasteiger partial charge in [0.05, 0.1) is 0 Å². The Labute approximate surface area is 168 Å². The van der Waals surface area contributed by atoms with Crippen molar-refractivity contribution < 1.29 is 34.8 Å². The van der Waals surface area contributed by atoms with E-state index in [0.717, 1.165) is 0 Å². The van der Waals surface area contributed by atoms with Crippen LogP contribution in [-0.4, -0.2) is 43.9 Å². The van der Waals surface area contributed by atoms with Gasteiger partial charge in [-0.05, 0) is 17.8 Å². The van der Waals surface area contributed by atoms with Crippen molar-refractivity contribution in [2.24, 2.45) is 29.1 Å². The third-order valence-electron chi connectivity index (χ3n) is 6.81. The average molecular weight is 403 g/mol. The summed E-state index contributed by atoms with van der Waals surface area (Å²) in [6, 6.07) is 0. The largest absolute Gasteiger partial charge is 0.481 e. The van der Waals surface area contributed by atoms with Crippen molar-refractivity contribution in [3.05, 3.63) is 0 Å². The Balaban J connectivity index is 7.41. The molecule has 0 heterocycles. The molecular weight excluding hydrogens is 364 g/mol. The van der Waals surface area contributed by atoms with Crippen LogP contribution in [0.5, 0.6) is 0 Å². The molecule has 164 valence electrons. The van der Waals surface area contributed by atoms with Gasteiger partial charge in [-0.3, -0.25) is 9.59 Å². The Bertz CT molecular complexity index is 521. The third kappa shape index (κ3) is 4.04. The number of hydrogen-bond acceptors (Lipinski definition) is 4. The van der Waals surface area contributed by atoms with Crippen LogP contribution in [-0.2, 0) is 14.4 Å². The molecule has 2 unspecified atom stereocenters. The lowest BCUT2D eigenvalue weighted by Gasteiger charge is -2.53. The van der Waals surface area contributed by atoms with Crippen LogP contribution in [0.4, 0.5) is 0 Å². The third-order valence-corrected chi connectivity index (χ3v) is 6.81. The normalized spacial score (nSPS) is 15.6. The summed E-state index contributed by atoms with van der Waals surface area (Å²) >= 11 is 0. The minimum atomic E-state index is -2.94. The second kappa shape index (κ2) is 10.8. The molecule has 0 aliphatic heterocycles. The van der Waals surface area contributed by atoms with E-state index in [1.54, 1.807) is 41.5 Å². The molecular formula is C21H38O7. The van der Waals surface area contributed by atoms with E-state index in [1.807, 2.05) is 0 Å². The number of carboxylic acid groups (broad SMARTS) is 3. The van der Waals surface area contributed by atoms with Crippen molar-refractivity contribution >= 4 is 17.9 Å². The van der Waals surface area contributed by atoms with Gasteiger partial charge in [0.1, 0.15) is 11.3 Å². The molecule has 28 heavy (non-hydrogen) atoms. The summed E-state index contributed by atoms with van der Waals surface area (Å²) in [5, 5.41) is 42.3. The SMILES string of the molecule is CCC(CC)C(C(=O)O)C(O)(C(=O)O)C(C(=O)O)(C(CC)CC)C(CC)CC. The number of aliphatic hydroxyl groups is 1. The maximum absolute atomic E-state index is 12.8. The summed E-state index contributed by atoms with van der Waals surface area (Å²) in [6.07, 6.45) is 1.94. The maximum atomic E-state index is 12.8. The number of carbonyl (C=O) groups is 3. The van der Waals surface area contributed by atoms with Crippen LogP contribution in [0.15, 0.2) is 0 Å². The molecule has 0 amide bonds. The Kier molecular flexibility index (Phi) is 10.2. The van der Waals surface area contributed by atoms with Crippen molar-refractivity contribution in [1.82, 2.24) is 0 Å². The first-order valence-corrected chi connectivity index (χ1v) is 10.4. The van der Waals surface area contributed by atoms with Gasteiger partial charge in [-0.2, -0.15) is 0 Å². The molecule has 0 radical (unpaired) electrons. The molecule has 0 spiro atoms. The summed E-state index contributed by atoms with van der Waals surface area (Å²) in [7, 11) is 0. The minimum absolute atomic E-state index is 0.324. The number of aliphatic carboxylic acids is 3. The lowest BCUT2D eigenvalue weighted by molar-refractivity contribution is -0.228. The Morgan fingerprint density at radius 3 is 1.21 bits per heavy atom. The molecule has 0 fully saturated rings. The predicted molar refractivity (Wildman–Crippen MR) is 106 cm³/mol. The zero-order valence-electron chi connectivity index (χ0n) is 18.1. The maximum Gasteiger partial charge on any atom is 0.337 e. The van der Waals surface area contributed by atoms with E-state index in [9.17, 15) is 34.8 Å². The zero-order valence-corrected chi connectivity index (χ0v) is 18.1. The van der Waals surface area contributed by atoms with Crippen LogP contribution in [0.3, 0.4) is 0 Å². The van der Waals surface area contributed by atoms with Crippen LogP contribution in [0.1, 0.15) is 80.1 Å². The quantitative estimate of drug-likeness (QED) is 0.346. The van der Waals surface area contributed by atoms with E-state index < -0.39 is 52.6 Å². The summed E-state index contributed by atoms with van der Waals surface area (Å²) in [4.78, 5) is 37.6. The number of hydrogen-bond donors (Lipinski definition) is 4. The number of rotatable bonds is 14. The van der Waals surface area contributed by atoms with Gasteiger partial charge in [0.2, 0.25) is 0 Å². The summed E-state index contributed by atoms with van der Waals surface area (Å²) in [6.45, 7) is 10.5. The molecule has 0 saturated carbocycles. The topological polar surface area (TPSA) is 132 Å². The number of carboxylic acids is 3. The lowest BCUT2D eigenvalue weighted by atomic mass is 9.49. The molecule has 7 heteroatoms. The van der Waals surface area contributed by atoms with Crippen LogP contribution < -0.4 is 0 Å². The lowest BCUT2D eigenvalue weighted by Crippen LogP contribution is -2.70. The molecule has 7 nitrogen and oxygen atoms in total. The molecule has 2 atom stereocenters. The molecule has 4 N–H and O–H groups in total. The highest BCUT2D eigenvalue weighted by atomic mass is 16.4. The van der Waals surface area contributed by atoms with Crippen molar-refractivity contribution in [3.8, 4) is 0 Å². The van der Waals surface area contributed by atoms with Gasteiger partial charge in [-0.1, -0.05) is 80.1 Å². The van der Waals surface area contributed by atoms with Crippen LogP contribution in [0, 0.1) is 29.1 Å². The molecule has 0 aromatic heterocycles. The van der Waals surface area contributed by atoms with Crippen LogP contribution in [0.2, 0.25) is 0 Å². The highest BCUT2D eigenvalue weighted by Gasteiger charge is 2.71.